The Labute approximate surface area is 118 Å². The summed E-state index contributed by atoms with van der Waals surface area (Å²) in [7, 11) is 0. The molecule has 0 spiro atoms. The average Bonchev–Trinajstić information content (AvgIpc) is 2.39. The van der Waals surface area contributed by atoms with Gasteiger partial charge in [-0.25, -0.2) is 0 Å². The maximum Gasteiger partial charge on any atom is 0.302 e. The van der Waals surface area contributed by atoms with Crippen LogP contribution in [0.1, 0.15) is 71.6 Å². The van der Waals surface area contributed by atoms with Crippen LogP contribution >= 0.6 is 0 Å². The first-order valence-electron chi connectivity index (χ1n) is 7.54. The quantitative estimate of drug-likeness (QED) is 0.326. The van der Waals surface area contributed by atoms with Crippen molar-refractivity contribution < 1.29 is 9.53 Å². The van der Waals surface area contributed by atoms with Gasteiger partial charge in [0.15, 0.2) is 0 Å². The molecule has 0 aromatic carbocycles. The first-order chi connectivity index (χ1) is 9.27. The molecule has 0 aliphatic carbocycles. The summed E-state index contributed by atoms with van der Waals surface area (Å²) in [5.41, 5.74) is 0. The fraction of sp³-hybridized carbons (Fsp3) is 0.706. The Kier molecular flexibility index (Phi) is 13.9. The summed E-state index contributed by atoms with van der Waals surface area (Å²) in [6, 6.07) is 0. The number of ether oxygens (including phenoxy) is 1. The number of hydrogen-bond donors (Lipinski definition) is 0. The van der Waals surface area contributed by atoms with Crippen molar-refractivity contribution in [2.75, 3.05) is 6.61 Å². The van der Waals surface area contributed by atoms with Crippen LogP contribution in [0.2, 0.25) is 0 Å². The minimum atomic E-state index is -0.171. The largest absolute Gasteiger partial charge is 0.466 e. The highest BCUT2D eigenvalue weighted by Gasteiger charge is 1.94. The van der Waals surface area contributed by atoms with Gasteiger partial charge in [0, 0.05) is 13.3 Å². The lowest BCUT2D eigenvalue weighted by Crippen LogP contribution is -1.99. The molecular weight excluding hydrogens is 236 g/mol. The molecular formula is C17H28O2. The van der Waals surface area contributed by atoms with Gasteiger partial charge in [-0.1, -0.05) is 56.9 Å². The first-order valence-corrected chi connectivity index (χ1v) is 7.54. The average molecular weight is 264 g/mol. The Bertz CT molecular complexity index is 294. The van der Waals surface area contributed by atoms with Crippen LogP contribution < -0.4 is 0 Å². The number of carbonyl (C=O) groups excluding carboxylic acids is 1. The standard InChI is InChI=1S/C17H28O2/c1-3-4-5-6-7-8-9-10-11-12-13-14-15-16-19-17(2)18/h4-5H,3,8-16H2,1-2H3. The summed E-state index contributed by atoms with van der Waals surface area (Å²) in [4.78, 5) is 10.5. The van der Waals surface area contributed by atoms with Crippen LogP contribution in [-0.2, 0) is 9.53 Å². The lowest BCUT2D eigenvalue weighted by Gasteiger charge is -2.02. The van der Waals surface area contributed by atoms with Gasteiger partial charge in [-0.3, -0.25) is 4.79 Å². The molecule has 0 saturated heterocycles. The molecule has 0 aliphatic rings. The summed E-state index contributed by atoms with van der Waals surface area (Å²) in [5, 5.41) is 0. The van der Waals surface area contributed by atoms with E-state index >= 15 is 0 Å². The van der Waals surface area contributed by atoms with E-state index in [-0.39, 0.29) is 5.97 Å². The number of unbranched alkanes of at least 4 members (excludes halogenated alkanes) is 7. The molecule has 0 N–H and O–H groups in total. The second-order valence-electron chi connectivity index (χ2n) is 4.70. The van der Waals surface area contributed by atoms with Crippen molar-refractivity contribution in [1.29, 1.82) is 0 Å². The molecule has 0 heterocycles. The second kappa shape index (κ2) is 14.8. The van der Waals surface area contributed by atoms with Crippen molar-refractivity contribution in [3.63, 3.8) is 0 Å². The fourth-order valence-electron chi connectivity index (χ4n) is 1.72. The van der Waals surface area contributed by atoms with E-state index in [0.29, 0.717) is 6.61 Å². The Balaban J connectivity index is 3.12. The first kappa shape index (κ1) is 17.8. The van der Waals surface area contributed by atoms with Crippen molar-refractivity contribution in [2.45, 2.75) is 71.6 Å². The van der Waals surface area contributed by atoms with Gasteiger partial charge in [0.2, 0.25) is 0 Å². The Morgan fingerprint density at radius 2 is 1.68 bits per heavy atom. The smallest absolute Gasteiger partial charge is 0.302 e. The van der Waals surface area contributed by atoms with Crippen molar-refractivity contribution in [1.82, 2.24) is 0 Å². The number of hydrogen-bond acceptors (Lipinski definition) is 2. The summed E-state index contributed by atoms with van der Waals surface area (Å²) in [6.45, 7) is 4.15. The van der Waals surface area contributed by atoms with E-state index < -0.39 is 0 Å². The third kappa shape index (κ3) is 16.8. The molecule has 0 atom stereocenters. The summed E-state index contributed by atoms with van der Waals surface area (Å²) in [6.07, 6.45) is 14.6. The normalized spacial score (nSPS) is 10.2. The van der Waals surface area contributed by atoms with Crippen LogP contribution in [0, 0.1) is 11.8 Å². The predicted molar refractivity (Wildman–Crippen MR) is 80.8 cm³/mol. The van der Waals surface area contributed by atoms with Crippen molar-refractivity contribution in [3.8, 4) is 11.8 Å². The van der Waals surface area contributed by atoms with Gasteiger partial charge < -0.3 is 4.74 Å². The highest BCUT2D eigenvalue weighted by molar-refractivity contribution is 5.65. The van der Waals surface area contributed by atoms with Gasteiger partial charge in [0.25, 0.3) is 0 Å². The van der Waals surface area contributed by atoms with Gasteiger partial charge in [-0.2, -0.15) is 0 Å². The monoisotopic (exact) mass is 264 g/mol. The molecule has 0 radical (unpaired) electrons. The molecule has 2 nitrogen and oxygen atoms in total. The topological polar surface area (TPSA) is 26.3 Å². The number of esters is 1. The molecule has 19 heavy (non-hydrogen) atoms. The molecule has 0 rings (SSSR count). The molecule has 0 aromatic rings. The van der Waals surface area contributed by atoms with Gasteiger partial charge in [0.1, 0.15) is 0 Å². The van der Waals surface area contributed by atoms with Crippen LogP contribution in [-0.4, -0.2) is 12.6 Å². The summed E-state index contributed by atoms with van der Waals surface area (Å²) in [5.74, 6) is 6.04. The molecule has 0 saturated carbocycles. The van der Waals surface area contributed by atoms with E-state index in [1.807, 2.05) is 6.08 Å². The maximum atomic E-state index is 10.5. The maximum absolute atomic E-state index is 10.5. The van der Waals surface area contributed by atoms with Crippen LogP contribution in [0.4, 0.5) is 0 Å². The van der Waals surface area contributed by atoms with Gasteiger partial charge in [-0.05, 0) is 25.3 Å². The molecule has 2 heteroatoms. The Hall–Kier alpha value is -1.23. The Morgan fingerprint density at radius 3 is 2.32 bits per heavy atom. The zero-order valence-electron chi connectivity index (χ0n) is 12.5. The third-order valence-electron chi connectivity index (χ3n) is 2.79. The van der Waals surface area contributed by atoms with Crippen molar-refractivity contribution in [2.24, 2.45) is 0 Å². The zero-order valence-corrected chi connectivity index (χ0v) is 12.5. The van der Waals surface area contributed by atoms with E-state index in [1.165, 1.54) is 39.0 Å². The molecule has 0 bridgehead atoms. The third-order valence-corrected chi connectivity index (χ3v) is 2.79. The molecule has 0 fully saturated rings. The van der Waals surface area contributed by atoms with E-state index in [0.717, 1.165) is 25.7 Å². The Morgan fingerprint density at radius 1 is 1.05 bits per heavy atom. The van der Waals surface area contributed by atoms with Gasteiger partial charge in [-0.15, -0.1) is 0 Å². The minimum absolute atomic E-state index is 0.171. The number of carbonyl (C=O) groups is 1. The van der Waals surface area contributed by atoms with Crippen molar-refractivity contribution >= 4 is 5.97 Å². The lowest BCUT2D eigenvalue weighted by molar-refractivity contribution is -0.141. The van der Waals surface area contributed by atoms with Crippen LogP contribution in [0.5, 0.6) is 0 Å². The second-order valence-corrected chi connectivity index (χ2v) is 4.70. The zero-order chi connectivity index (χ0) is 14.2. The highest BCUT2D eigenvalue weighted by atomic mass is 16.5. The predicted octanol–water partition coefficient (Wildman–Crippen LogP) is 4.64. The van der Waals surface area contributed by atoms with E-state index in [9.17, 15) is 4.79 Å². The van der Waals surface area contributed by atoms with E-state index in [1.54, 1.807) is 0 Å². The number of allylic oxidation sites excluding steroid dienone is 2. The van der Waals surface area contributed by atoms with Gasteiger partial charge >= 0.3 is 5.97 Å². The lowest BCUT2D eigenvalue weighted by atomic mass is 10.1. The molecule has 0 aliphatic heterocycles. The number of rotatable bonds is 10. The minimum Gasteiger partial charge on any atom is -0.466 e. The highest BCUT2D eigenvalue weighted by Crippen LogP contribution is 2.08. The fourth-order valence-corrected chi connectivity index (χ4v) is 1.72. The molecule has 108 valence electrons. The van der Waals surface area contributed by atoms with E-state index in [2.05, 4.69) is 24.8 Å². The van der Waals surface area contributed by atoms with Gasteiger partial charge in [0.05, 0.1) is 6.61 Å². The summed E-state index contributed by atoms with van der Waals surface area (Å²) >= 11 is 0. The molecule has 0 aromatic heterocycles. The molecule has 0 unspecified atom stereocenters. The van der Waals surface area contributed by atoms with E-state index in [4.69, 9.17) is 4.74 Å². The van der Waals surface area contributed by atoms with Crippen LogP contribution in [0.3, 0.4) is 0 Å². The molecule has 0 amide bonds. The van der Waals surface area contributed by atoms with Crippen molar-refractivity contribution in [3.05, 3.63) is 12.2 Å². The SMILES string of the molecule is CCC=CC#CCCCCCCCCCOC(C)=O. The summed E-state index contributed by atoms with van der Waals surface area (Å²) < 4.78 is 4.88. The van der Waals surface area contributed by atoms with Crippen LogP contribution in [0.25, 0.3) is 0 Å². The van der Waals surface area contributed by atoms with Crippen LogP contribution in [0.15, 0.2) is 12.2 Å².